The number of nitrogens with two attached hydrogens (primary N) is 1. The van der Waals surface area contributed by atoms with Crippen LogP contribution in [0.3, 0.4) is 0 Å². The number of anilines is 1. The van der Waals surface area contributed by atoms with Gasteiger partial charge in [-0.25, -0.2) is 9.78 Å². The molecule has 1 saturated heterocycles. The summed E-state index contributed by atoms with van der Waals surface area (Å²) in [6.45, 7) is 4.25. The highest BCUT2D eigenvalue weighted by Crippen LogP contribution is 2.16. The molecule has 7 heteroatoms. The lowest BCUT2D eigenvalue weighted by atomic mass is 10.2. The standard InChI is InChI=1S/C16H24N4O3/c1-2-10-23-13-4-3-8-20(9-7-13)16(22)19-12-5-6-14(15(17)21)18-11-12/h5-6,11,13H,2-4,7-10H2,1H3,(H2,17,21)(H,19,22)/t13-/m0/s1. The van der Waals surface area contributed by atoms with Crippen molar-refractivity contribution in [2.24, 2.45) is 5.73 Å². The summed E-state index contributed by atoms with van der Waals surface area (Å²) in [7, 11) is 0. The molecular weight excluding hydrogens is 296 g/mol. The van der Waals surface area contributed by atoms with Gasteiger partial charge in [0, 0.05) is 19.7 Å². The largest absolute Gasteiger partial charge is 0.378 e. The van der Waals surface area contributed by atoms with E-state index >= 15 is 0 Å². The van der Waals surface area contributed by atoms with E-state index in [0.717, 1.165) is 32.3 Å². The lowest BCUT2D eigenvalue weighted by Crippen LogP contribution is -2.36. The number of amides is 3. The van der Waals surface area contributed by atoms with Crippen LogP contribution in [0.25, 0.3) is 0 Å². The number of primary amides is 1. The highest BCUT2D eigenvalue weighted by molar-refractivity contribution is 5.92. The molecule has 1 aromatic heterocycles. The van der Waals surface area contributed by atoms with Crippen molar-refractivity contribution >= 4 is 17.6 Å². The Hall–Kier alpha value is -2.15. The van der Waals surface area contributed by atoms with Crippen molar-refractivity contribution in [3.05, 3.63) is 24.0 Å². The van der Waals surface area contributed by atoms with Crippen molar-refractivity contribution in [2.75, 3.05) is 25.0 Å². The van der Waals surface area contributed by atoms with Crippen molar-refractivity contribution in [2.45, 2.75) is 38.7 Å². The Morgan fingerprint density at radius 2 is 2.22 bits per heavy atom. The number of nitrogens with zero attached hydrogens (tertiary/aromatic N) is 2. The highest BCUT2D eigenvalue weighted by Gasteiger charge is 2.21. The SMILES string of the molecule is CCCO[C@H]1CCCN(C(=O)Nc2ccc(C(N)=O)nc2)CC1. The van der Waals surface area contributed by atoms with Crippen LogP contribution >= 0.6 is 0 Å². The number of hydrogen-bond donors (Lipinski definition) is 2. The fourth-order valence-electron chi connectivity index (χ4n) is 2.54. The van der Waals surface area contributed by atoms with Crippen LogP contribution < -0.4 is 11.1 Å². The number of carbonyl (C=O) groups is 2. The summed E-state index contributed by atoms with van der Waals surface area (Å²) >= 11 is 0. The fraction of sp³-hybridized carbons (Fsp3) is 0.562. The first-order valence-corrected chi connectivity index (χ1v) is 8.03. The monoisotopic (exact) mass is 320 g/mol. The quantitative estimate of drug-likeness (QED) is 0.867. The fourth-order valence-corrected chi connectivity index (χ4v) is 2.54. The third-order valence-electron chi connectivity index (χ3n) is 3.79. The lowest BCUT2D eigenvalue weighted by Gasteiger charge is -2.21. The van der Waals surface area contributed by atoms with Gasteiger partial charge in [-0.05, 0) is 37.8 Å². The van der Waals surface area contributed by atoms with E-state index in [9.17, 15) is 9.59 Å². The Kier molecular flexibility index (Phi) is 6.34. The molecule has 1 atom stereocenters. The van der Waals surface area contributed by atoms with E-state index in [1.807, 2.05) is 0 Å². The van der Waals surface area contributed by atoms with E-state index < -0.39 is 5.91 Å². The van der Waals surface area contributed by atoms with Crippen molar-refractivity contribution < 1.29 is 14.3 Å². The number of hydrogen-bond acceptors (Lipinski definition) is 4. The minimum atomic E-state index is -0.589. The normalized spacial score (nSPS) is 18.3. The number of likely N-dealkylation sites (tertiary alicyclic amines) is 1. The molecule has 0 unspecified atom stereocenters. The van der Waals surface area contributed by atoms with E-state index in [1.165, 1.54) is 12.3 Å². The molecular formula is C16H24N4O3. The van der Waals surface area contributed by atoms with Gasteiger partial charge >= 0.3 is 6.03 Å². The van der Waals surface area contributed by atoms with Crippen LogP contribution in [0.15, 0.2) is 18.3 Å². The molecule has 3 N–H and O–H groups in total. The van der Waals surface area contributed by atoms with Crippen LogP contribution in [-0.4, -0.2) is 47.6 Å². The molecule has 1 fully saturated rings. The number of ether oxygens (including phenoxy) is 1. The number of pyridine rings is 1. The summed E-state index contributed by atoms with van der Waals surface area (Å²) in [6, 6.07) is 2.96. The number of rotatable bonds is 5. The predicted octanol–water partition coefficient (Wildman–Crippen LogP) is 1.99. The summed E-state index contributed by atoms with van der Waals surface area (Å²) in [5.74, 6) is -0.589. The van der Waals surface area contributed by atoms with Gasteiger partial charge in [0.05, 0.1) is 18.0 Å². The molecule has 7 nitrogen and oxygen atoms in total. The molecule has 2 rings (SSSR count). The van der Waals surface area contributed by atoms with Gasteiger partial charge in [-0.3, -0.25) is 4.79 Å². The van der Waals surface area contributed by atoms with Crippen molar-refractivity contribution in [3.63, 3.8) is 0 Å². The van der Waals surface area contributed by atoms with Gasteiger partial charge < -0.3 is 20.7 Å². The second-order valence-corrected chi connectivity index (χ2v) is 5.64. The first-order chi connectivity index (χ1) is 11.1. The summed E-state index contributed by atoms with van der Waals surface area (Å²) in [5.41, 5.74) is 5.86. The average Bonchev–Trinajstić information content (AvgIpc) is 2.79. The smallest absolute Gasteiger partial charge is 0.321 e. The first-order valence-electron chi connectivity index (χ1n) is 8.03. The van der Waals surface area contributed by atoms with E-state index in [2.05, 4.69) is 17.2 Å². The van der Waals surface area contributed by atoms with Gasteiger partial charge in [0.1, 0.15) is 5.69 Å². The summed E-state index contributed by atoms with van der Waals surface area (Å²) in [5, 5.41) is 2.80. The predicted molar refractivity (Wildman–Crippen MR) is 87.2 cm³/mol. The summed E-state index contributed by atoms with van der Waals surface area (Å²) in [4.78, 5) is 29.0. The number of aromatic nitrogens is 1. The molecule has 2 heterocycles. The van der Waals surface area contributed by atoms with Crippen molar-refractivity contribution in [3.8, 4) is 0 Å². The zero-order valence-electron chi connectivity index (χ0n) is 13.5. The third-order valence-corrected chi connectivity index (χ3v) is 3.79. The molecule has 0 aromatic carbocycles. The zero-order chi connectivity index (χ0) is 16.7. The van der Waals surface area contributed by atoms with Gasteiger partial charge in [0.25, 0.3) is 5.91 Å². The molecule has 1 aliphatic rings. The molecule has 0 spiro atoms. The highest BCUT2D eigenvalue weighted by atomic mass is 16.5. The number of nitrogens with one attached hydrogen (secondary N) is 1. The Labute approximate surface area is 136 Å². The lowest BCUT2D eigenvalue weighted by molar-refractivity contribution is 0.0446. The van der Waals surface area contributed by atoms with E-state index in [4.69, 9.17) is 10.5 Å². The second kappa shape index (κ2) is 8.47. The topological polar surface area (TPSA) is 97.5 Å². The van der Waals surface area contributed by atoms with E-state index in [1.54, 1.807) is 11.0 Å². The molecule has 1 aliphatic heterocycles. The van der Waals surface area contributed by atoms with Gasteiger partial charge in [-0.2, -0.15) is 0 Å². The van der Waals surface area contributed by atoms with Crippen LogP contribution in [0.2, 0.25) is 0 Å². The van der Waals surface area contributed by atoms with Gasteiger partial charge in [0.2, 0.25) is 0 Å². The van der Waals surface area contributed by atoms with Crippen LogP contribution in [0.5, 0.6) is 0 Å². The molecule has 0 aliphatic carbocycles. The zero-order valence-corrected chi connectivity index (χ0v) is 13.5. The molecule has 126 valence electrons. The van der Waals surface area contributed by atoms with Crippen molar-refractivity contribution in [1.29, 1.82) is 0 Å². The molecule has 0 bridgehead atoms. The van der Waals surface area contributed by atoms with E-state index in [0.29, 0.717) is 18.8 Å². The Morgan fingerprint density at radius 3 is 2.87 bits per heavy atom. The maximum atomic E-state index is 12.3. The van der Waals surface area contributed by atoms with Crippen LogP contribution in [0.4, 0.5) is 10.5 Å². The van der Waals surface area contributed by atoms with Crippen LogP contribution in [0, 0.1) is 0 Å². The van der Waals surface area contributed by atoms with Crippen LogP contribution in [0.1, 0.15) is 43.1 Å². The second-order valence-electron chi connectivity index (χ2n) is 5.64. The maximum Gasteiger partial charge on any atom is 0.321 e. The van der Waals surface area contributed by atoms with Crippen molar-refractivity contribution in [1.82, 2.24) is 9.88 Å². The number of carbonyl (C=O) groups excluding carboxylic acids is 2. The van der Waals surface area contributed by atoms with E-state index in [-0.39, 0.29) is 17.8 Å². The van der Waals surface area contributed by atoms with Gasteiger partial charge in [-0.1, -0.05) is 6.92 Å². The Bertz CT molecular complexity index is 533. The van der Waals surface area contributed by atoms with Gasteiger partial charge in [-0.15, -0.1) is 0 Å². The maximum absolute atomic E-state index is 12.3. The average molecular weight is 320 g/mol. The van der Waals surface area contributed by atoms with Crippen LogP contribution in [-0.2, 0) is 4.74 Å². The minimum absolute atomic E-state index is 0.158. The molecule has 0 radical (unpaired) electrons. The molecule has 3 amide bonds. The molecule has 23 heavy (non-hydrogen) atoms. The summed E-state index contributed by atoms with van der Waals surface area (Å²) < 4.78 is 5.78. The van der Waals surface area contributed by atoms with Gasteiger partial charge in [0.15, 0.2) is 0 Å². The Morgan fingerprint density at radius 1 is 1.39 bits per heavy atom. The summed E-state index contributed by atoms with van der Waals surface area (Å²) in [6.07, 6.45) is 5.45. The third kappa shape index (κ3) is 5.21. The molecule has 1 aromatic rings. The minimum Gasteiger partial charge on any atom is -0.378 e. The first kappa shape index (κ1) is 17.2. The number of urea groups is 1. The Balaban J connectivity index is 1.86. The molecule has 0 saturated carbocycles.